The minimum absolute atomic E-state index is 0.237. The van der Waals surface area contributed by atoms with E-state index in [4.69, 9.17) is 28.4 Å². The van der Waals surface area contributed by atoms with Crippen molar-refractivity contribution in [2.24, 2.45) is 0 Å². The number of hydrogen-bond acceptors (Lipinski definition) is 18. The van der Waals surface area contributed by atoms with Crippen LogP contribution < -0.4 is 5.32 Å². The zero-order valence-corrected chi connectivity index (χ0v) is 62.9. The number of carbonyl (C=O) groups is 1. The maximum absolute atomic E-state index is 13.5. The largest absolute Gasteiger partial charge is 0.394 e. The van der Waals surface area contributed by atoms with Crippen molar-refractivity contribution in [1.29, 1.82) is 0 Å². The van der Waals surface area contributed by atoms with Gasteiger partial charge in [-0.2, -0.15) is 0 Å². The van der Waals surface area contributed by atoms with Gasteiger partial charge in [-0.05, 0) is 64.2 Å². The molecular weight excluding hydrogens is 1290 g/mol. The Hall–Kier alpha value is -2.77. The summed E-state index contributed by atoms with van der Waals surface area (Å²) in [6.45, 7) is 1.66. The molecule has 0 spiro atoms. The highest BCUT2D eigenvalue weighted by Crippen LogP contribution is 2.33. The average Bonchev–Trinajstić information content (AvgIpc) is 0.782. The third-order valence-electron chi connectivity index (χ3n) is 20.0. The lowest BCUT2D eigenvalue weighted by Crippen LogP contribution is -2.66. The van der Waals surface area contributed by atoms with Crippen molar-refractivity contribution in [3.63, 3.8) is 0 Å². The molecule has 0 bridgehead atoms. The molecule has 1 amide bonds. The average molecular weight is 1440 g/mol. The number of carbonyl (C=O) groups excluding carboxylic acids is 1. The van der Waals surface area contributed by atoms with Gasteiger partial charge in [0.25, 0.3) is 0 Å². The molecule has 12 N–H and O–H groups in total. The lowest BCUT2D eigenvalue weighted by atomic mass is 9.96. The second-order valence-corrected chi connectivity index (χ2v) is 28.9. The standard InChI is InChI=1S/C82H147NO18/c1-3-5-7-9-11-13-15-17-19-21-23-25-27-29-31-32-34-35-37-39-41-43-45-47-49-51-53-55-57-59-66(87)65(83-70(88)60-58-56-54-52-50-48-46-44-42-40-38-36-33-30-28-26-24-22-20-18-16-14-12-10-8-6-4-2)64-96-80-76(94)73(91)78(68(62-85)98-80)101-82-77(95)74(92)79(69(63-86)99-82)100-81-75(93)72(90)71(89)67(61-84)97-81/h6,8,12,14,18,20,24,26,30,33,57,59,65-69,71-82,84-87,89-95H,3-5,7,9-11,13,15-17,19,21-23,25,27-29,31-32,34-56,58,60-64H2,1-2H3,(H,83,88)/b8-6-,14-12-,20-18-,26-24-,33-30-,59-57+. The van der Waals surface area contributed by atoms with Crippen molar-refractivity contribution in [3.8, 4) is 0 Å². The molecule has 101 heavy (non-hydrogen) atoms. The third kappa shape index (κ3) is 42.4. The van der Waals surface area contributed by atoms with E-state index in [0.29, 0.717) is 6.42 Å². The minimum Gasteiger partial charge on any atom is -0.394 e. The van der Waals surface area contributed by atoms with Gasteiger partial charge in [0.1, 0.15) is 73.2 Å². The molecule has 0 aromatic heterocycles. The third-order valence-corrected chi connectivity index (χ3v) is 20.0. The normalized spacial score (nSPS) is 26.7. The second-order valence-electron chi connectivity index (χ2n) is 28.9. The van der Waals surface area contributed by atoms with Gasteiger partial charge >= 0.3 is 0 Å². The monoisotopic (exact) mass is 1430 g/mol. The van der Waals surface area contributed by atoms with Crippen LogP contribution in [0.3, 0.4) is 0 Å². The fraction of sp³-hybridized carbons (Fsp3) is 0.841. The number of amides is 1. The Balaban J connectivity index is 1.38. The molecule has 588 valence electrons. The van der Waals surface area contributed by atoms with Crippen molar-refractivity contribution >= 4 is 5.91 Å². The van der Waals surface area contributed by atoms with Crippen LogP contribution in [0.1, 0.15) is 309 Å². The van der Waals surface area contributed by atoms with Crippen LogP contribution in [0.25, 0.3) is 0 Å². The molecule has 0 aromatic rings. The zero-order valence-electron chi connectivity index (χ0n) is 62.9. The summed E-state index contributed by atoms with van der Waals surface area (Å²) in [5, 5.41) is 121. The quantitative estimate of drug-likeness (QED) is 0.0199. The first kappa shape index (κ1) is 92.4. The molecule has 3 rings (SSSR count). The molecule has 17 unspecified atom stereocenters. The van der Waals surface area contributed by atoms with E-state index < -0.39 is 124 Å². The van der Waals surface area contributed by atoms with Gasteiger partial charge in [-0.15, -0.1) is 0 Å². The highest BCUT2D eigenvalue weighted by atomic mass is 16.8. The van der Waals surface area contributed by atoms with Crippen LogP contribution in [-0.4, -0.2) is 193 Å². The Kier molecular flexibility index (Phi) is 57.0. The summed E-state index contributed by atoms with van der Waals surface area (Å²) in [7, 11) is 0. The maximum atomic E-state index is 13.5. The van der Waals surface area contributed by atoms with Gasteiger partial charge in [0.15, 0.2) is 18.9 Å². The van der Waals surface area contributed by atoms with E-state index in [9.17, 15) is 61.0 Å². The molecule has 0 aromatic carbocycles. The molecule has 0 radical (unpaired) electrons. The Bertz CT molecular complexity index is 2110. The van der Waals surface area contributed by atoms with E-state index in [-0.39, 0.29) is 18.9 Å². The van der Waals surface area contributed by atoms with E-state index in [0.717, 1.165) is 89.9 Å². The number of unbranched alkanes of at least 4 members (excludes halogenated alkanes) is 38. The molecule has 19 nitrogen and oxygen atoms in total. The number of rotatable bonds is 64. The van der Waals surface area contributed by atoms with Gasteiger partial charge in [-0.3, -0.25) is 4.79 Å². The number of aliphatic hydroxyl groups is 11. The highest BCUT2D eigenvalue weighted by molar-refractivity contribution is 5.76. The Morgan fingerprint density at radius 3 is 1.07 bits per heavy atom. The van der Waals surface area contributed by atoms with Gasteiger partial charge < -0.3 is 89.9 Å². The van der Waals surface area contributed by atoms with Gasteiger partial charge in [-0.25, -0.2) is 0 Å². The first-order chi connectivity index (χ1) is 49.3. The van der Waals surface area contributed by atoms with Crippen LogP contribution in [0.4, 0.5) is 0 Å². The first-order valence-corrected chi connectivity index (χ1v) is 40.7. The predicted molar refractivity (Wildman–Crippen MR) is 401 cm³/mol. The van der Waals surface area contributed by atoms with Crippen molar-refractivity contribution in [2.45, 2.75) is 413 Å². The van der Waals surface area contributed by atoms with Crippen LogP contribution in [0, 0.1) is 0 Å². The topological polar surface area (TPSA) is 307 Å². The lowest BCUT2D eigenvalue weighted by Gasteiger charge is -2.48. The second kappa shape index (κ2) is 62.3. The Morgan fingerprint density at radius 1 is 0.366 bits per heavy atom. The smallest absolute Gasteiger partial charge is 0.220 e. The summed E-state index contributed by atoms with van der Waals surface area (Å²) >= 11 is 0. The molecule has 0 saturated carbocycles. The Morgan fingerprint density at radius 2 is 0.683 bits per heavy atom. The van der Waals surface area contributed by atoms with E-state index in [1.54, 1.807) is 6.08 Å². The summed E-state index contributed by atoms with van der Waals surface area (Å²) in [4.78, 5) is 13.5. The Labute approximate surface area is 610 Å². The fourth-order valence-electron chi connectivity index (χ4n) is 13.5. The van der Waals surface area contributed by atoms with Crippen LogP contribution in [0.15, 0.2) is 72.9 Å². The lowest BCUT2D eigenvalue weighted by molar-refractivity contribution is -0.379. The van der Waals surface area contributed by atoms with Crippen LogP contribution in [0.2, 0.25) is 0 Å². The van der Waals surface area contributed by atoms with Crippen LogP contribution in [-0.2, 0) is 33.2 Å². The van der Waals surface area contributed by atoms with E-state index in [2.05, 4.69) is 79.9 Å². The van der Waals surface area contributed by atoms with Crippen molar-refractivity contribution in [1.82, 2.24) is 5.32 Å². The minimum atomic E-state index is -1.98. The van der Waals surface area contributed by atoms with E-state index in [1.165, 1.54) is 193 Å². The van der Waals surface area contributed by atoms with Crippen LogP contribution in [0.5, 0.6) is 0 Å². The molecule has 3 aliphatic rings. The summed E-state index contributed by atoms with van der Waals surface area (Å²) in [6, 6.07) is -0.981. The summed E-state index contributed by atoms with van der Waals surface area (Å²) in [5.74, 6) is -0.278. The zero-order chi connectivity index (χ0) is 73.2. The molecule has 17 atom stereocenters. The number of aliphatic hydroxyl groups excluding tert-OH is 11. The van der Waals surface area contributed by atoms with Crippen LogP contribution >= 0.6 is 0 Å². The molecule has 0 aliphatic carbocycles. The van der Waals surface area contributed by atoms with Crippen molar-refractivity contribution in [3.05, 3.63) is 72.9 Å². The molecule has 19 heteroatoms. The molecule has 3 heterocycles. The maximum Gasteiger partial charge on any atom is 0.220 e. The van der Waals surface area contributed by atoms with Crippen molar-refractivity contribution < 1.29 is 89.4 Å². The number of ether oxygens (including phenoxy) is 6. The van der Waals surface area contributed by atoms with Gasteiger partial charge in [0.05, 0.1) is 38.6 Å². The molecular formula is C82H147NO18. The van der Waals surface area contributed by atoms with Gasteiger partial charge in [-0.1, -0.05) is 311 Å². The summed E-state index contributed by atoms with van der Waals surface area (Å²) in [6.07, 6.45) is 54.5. The number of allylic oxidation sites excluding steroid dienone is 11. The van der Waals surface area contributed by atoms with E-state index >= 15 is 0 Å². The predicted octanol–water partition coefficient (Wildman–Crippen LogP) is 13.6. The molecule has 3 aliphatic heterocycles. The van der Waals surface area contributed by atoms with Gasteiger partial charge in [0, 0.05) is 6.42 Å². The number of hydrogen-bond donors (Lipinski definition) is 12. The van der Waals surface area contributed by atoms with Gasteiger partial charge in [0.2, 0.25) is 5.91 Å². The fourth-order valence-corrected chi connectivity index (χ4v) is 13.5. The SMILES string of the molecule is CC/C=C\C/C=C\C/C=C\C/C=C\C/C=C\CCCCCCCCCCCCCC(=O)NC(COC1OC(CO)C(OC2OC(CO)C(OC3OC(CO)C(O)C(O)C3O)C(O)C2O)C(O)C1O)C(O)/C=C/CCCCCCCCCCCCCCCCCCCCCCCCCCCCC. The van der Waals surface area contributed by atoms with E-state index in [1.807, 2.05) is 6.08 Å². The molecule has 3 saturated heterocycles. The first-order valence-electron chi connectivity index (χ1n) is 40.7. The summed E-state index contributed by atoms with van der Waals surface area (Å²) < 4.78 is 34.5. The van der Waals surface area contributed by atoms with Crippen molar-refractivity contribution in [2.75, 3.05) is 26.4 Å². The summed E-state index contributed by atoms with van der Waals surface area (Å²) in [5.41, 5.74) is 0. The highest BCUT2D eigenvalue weighted by Gasteiger charge is 2.54. The number of nitrogens with one attached hydrogen (secondary N) is 1. The molecule has 3 fully saturated rings.